The monoisotopic (exact) mass is 546 g/mol. The van der Waals surface area contributed by atoms with E-state index in [1.165, 1.54) is 0 Å². The zero-order chi connectivity index (χ0) is 29.3. The Balaban J connectivity index is 2.29. The van der Waals surface area contributed by atoms with Crippen molar-refractivity contribution < 1.29 is 39.0 Å². The Bertz CT molecular complexity index is 1230. The van der Waals surface area contributed by atoms with Crippen LogP contribution in [0.25, 0.3) is 10.9 Å². The second-order valence-electron chi connectivity index (χ2n) is 9.46. The van der Waals surface area contributed by atoms with Gasteiger partial charge in [0.1, 0.15) is 18.1 Å². The fourth-order valence-corrected chi connectivity index (χ4v) is 3.87. The van der Waals surface area contributed by atoms with Crippen LogP contribution in [0.1, 0.15) is 38.7 Å². The fraction of sp³-hybridized carbons (Fsp3) is 0.440. The summed E-state index contributed by atoms with van der Waals surface area (Å²) in [6.07, 6.45) is 0.457. The van der Waals surface area contributed by atoms with Gasteiger partial charge >= 0.3 is 11.9 Å². The van der Waals surface area contributed by atoms with Crippen LogP contribution in [-0.4, -0.2) is 74.9 Å². The van der Waals surface area contributed by atoms with Crippen molar-refractivity contribution in [3.63, 3.8) is 0 Å². The smallest absolute Gasteiger partial charge is 0.326 e. The Morgan fingerprint density at radius 3 is 2.15 bits per heavy atom. The molecular weight excluding hydrogens is 512 g/mol. The van der Waals surface area contributed by atoms with Crippen molar-refractivity contribution in [3.8, 4) is 0 Å². The summed E-state index contributed by atoms with van der Waals surface area (Å²) in [6.45, 7) is 3.30. The quantitative estimate of drug-likeness (QED) is 0.136. The predicted molar refractivity (Wildman–Crippen MR) is 139 cm³/mol. The fourth-order valence-electron chi connectivity index (χ4n) is 3.87. The van der Waals surface area contributed by atoms with Gasteiger partial charge < -0.3 is 42.6 Å². The van der Waals surface area contributed by atoms with Crippen LogP contribution >= 0.6 is 0 Å². The highest BCUT2D eigenvalue weighted by atomic mass is 16.4. The topological polar surface area (TPSA) is 247 Å². The van der Waals surface area contributed by atoms with Gasteiger partial charge in [0.2, 0.25) is 23.6 Å². The summed E-state index contributed by atoms with van der Waals surface area (Å²) in [5.74, 6) is -6.38. The van der Waals surface area contributed by atoms with Gasteiger partial charge in [0, 0.05) is 29.9 Å². The van der Waals surface area contributed by atoms with Crippen LogP contribution in [0.5, 0.6) is 0 Å². The lowest BCUT2D eigenvalue weighted by atomic mass is 9.99. The maximum Gasteiger partial charge on any atom is 0.326 e. The molecule has 0 bridgehead atoms. The summed E-state index contributed by atoms with van der Waals surface area (Å²) in [7, 11) is 0. The second kappa shape index (κ2) is 13.9. The molecule has 2 rings (SSSR count). The number of rotatable bonds is 15. The zero-order valence-electron chi connectivity index (χ0n) is 21.6. The Hall–Kier alpha value is -4.46. The first kappa shape index (κ1) is 30.8. The summed E-state index contributed by atoms with van der Waals surface area (Å²) < 4.78 is 0. The number of primary amides is 1. The third-order valence-corrected chi connectivity index (χ3v) is 6.00. The Morgan fingerprint density at radius 1 is 0.923 bits per heavy atom. The number of para-hydroxylation sites is 1. The molecule has 1 heterocycles. The van der Waals surface area contributed by atoms with E-state index in [9.17, 15) is 33.9 Å². The number of carbonyl (C=O) groups excluding carboxylic acids is 4. The minimum Gasteiger partial charge on any atom is -0.481 e. The number of aliphatic carboxylic acids is 2. The molecule has 0 spiro atoms. The number of hydrogen-bond acceptors (Lipinski definition) is 7. The van der Waals surface area contributed by atoms with Gasteiger partial charge in [0.25, 0.3) is 0 Å². The molecule has 0 aliphatic rings. The first-order valence-electron chi connectivity index (χ1n) is 12.2. The van der Waals surface area contributed by atoms with Crippen molar-refractivity contribution in [2.45, 2.75) is 63.7 Å². The number of hydrogen-bond donors (Lipinski definition) is 8. The van der Waals surface area contributed by atoms with E-state index in [0.717, 1.165) is 10.9 Å². The molecule has 0 fully saturated rings. The van der Waals surface area contributed by atoms with E-state index < -0.39 is 72.1 Å². The van der Waals surface area contributed by atoms with Crippen LogP contribution in [0.15, 0.2) is 30.5 Å². The van der Waals surface area contributed by atoms with Gasteiger partial charge in [-0.25, -0.2) is 4.79 Å². The van der Waals surface area contributed by atoms with Gasteiger partial charge in [-0.3, -0.25) is 24.0 Å². The van der Waals surface area contributed by atoms with Crippen LogP contribution in [-0.2, 0) is 35.2 Å². The van der Waals surface area contributed by atoms with Gasteiger partial charge in [-0.2, -0.15) is 0 Å². The van der Waals surface area contributed by atoms with Crippen LogP contribution in [0.2, 0.25) is 0 Å². The van der Waals surface area contributed by atoms with Crippen LogP contribution in [0, 0.1) is 5.92 Å². The van der Waals surface area contributed by atoms with Crippen molar-refractivity contribution in [3.05, 3.63) is 36.0 Å². The third kappa shape index (κ3) is 9.10. The molecule has 0 saturated carbocycles. The van der Waals surface area contributed by atoms with Crippen molar-refractivity contribution in [2.75, 3.05) is 0 Å². The largest absolute Gasteiger partial charge is 0.481 e. The van der Waals surface area contributed by atoms with E-state index >= 15 is 0 Å². The predicted octanol–water partition coefficient (Wildman–Crippen LogP) is -1.03. The molecule has 0 aliphatic carbocycles. The second-order valence-corrected chi connectivity index (χ2v) is 9.46. The molecule has 0 aliphatic heterocycles. The summed E-state index contributed by atoms with van der Waals surface area (Å²) in [4.78, 5) is 75.7. The molecular formula is C25H34N6O8. The number of carboxylic acid groups (broad SMARTS) is 2. The molecule has 39 heavy (non-hydrogen) atoms. The van der Waals surface area contributed by atoms with E-state index in [0.29, 0.717) is 5.56 Å². The number of fused-ring (bicyclic) bond motifs is 1. The third-order valence-electron chi connectivity index (χ3n) is 6.00. The number of aromatic nitrogens is 1. The molecule has 4 amide bonds. The van der Waals surface area contributed by atoms with Crippen LogP contribution in [0.4, 0.5) is 0 Å². The number of H-pyrrole nitrogens is 1. The van der Waals surface area contributed by atoms with Gasteiger partial charge in [-0.15, -0.1) is 0 Å². The molecule has 0 radical (unpaired) electrons. The summed E-state index contributed by atoms with van der Waals surface area (Å²) in [6, 6.07) is 1.98. The molecule has 212 valence electrons. The van der Waals surface area contributed by atoms with Gasteiger partial charge in [0.15, 0.2) is 0 Å². The molecule has 14 nitrogen and oxygen atoms in total. The number of nitrogens with two attached hydrogens (primary N) is 2. The van der Waals surface area contributed by atoms with Crippen molar-refractivity contribution >= 4 is 46.5 Å². The molecule has 1 aromatic carbocycles. The average molecular weight is 547 g/mol. The number of carboxylic acids is 2. The normalized spacial score (nSPS) is 14.2. The van der Waals surface area contributed by atoms with Crippen molar-refractivity contribution in [1.29, 1.82) is 0 Å². The molecule has 2 aromatic rings. The number of aromatic amines is 1. The highest BCUT2D eigenvalue weighted by Gasteiger charge is 2.32. The van der Waals surface area contributed by atoms with Crippen molar-refractivity contribution in [1.82, 2.24) is 20.9 Å². The number of amides is 4. The lowest BCUT2D eigenvalue weighted by Crippen LogP contribution is -2.59. The Morgan fingerprint density at radius 2 is 1.56 bits per heavy atom. The minimum atomic E-state index is -1.62. The summed E-state index contributed by atoms with van der Waals surface area (Å²) >= 11 is 0. The van der Waals surface area contributed by atoms with Gasteiger partial charge in [0.05, 0.1) is 12.5 Å². The summed E-state index contributed by atoms with van der Waals surface area (Å²) in [5.41, 5.74) is 12.3. The molecule has 10 N–H and O–H groups in total. The highest BCUT2D eigenvalue weighted by Crippen LogP contribution is 2.19. The van der Waals surface area contributed by atoms with Crippen molar-refractivity contribution in [2.24, 2.45) is 17.4 Å². The maximum absolute atomic E-state index is 13.3. The van der Waals surface area contributed by atoms with Crippen LogP contribution in [0.3, 0.4) is 0 Å². The van der Waals surface area contributed by atoms with E-state index in [1.54, 1.807) is 32.2 Å². The van der Waals surface area contributed by atoms with E-state index in [-0.39, 0.29) is 19.3 Å². The van der Waals surface area contributed by atoms with E-state index in [1.807, 2.05) is 12.1 Å². The molecule has 0 saturated heterocycles. The zero-order valence-corrected chi connectivity index (χ0v) is 21.6. The lowest BCUT2D eigenvalue weighted by Gasteiger charge is -2.27. The number of benzene rings is 1. The lowest BCUT2D eigenvalue weighted by molar-refractivity contribution is -0.143. The average Bonchev–Trinajstić information content (AvgIpc) is 3.26. The standard InChI is InChI=1S/C25H34N6O8/c1-12(2)21(31-22(35)15(26)7-8-20(33)34)24(37)29-17(23(36)30-18(25(38)39)10-19(27)32)9-13-11-28-16-6-4-3-5-14(13)16/h3-6,11-12,15,17-18,21,28H,7-10,26H2,1-2H3,(H2,27,32)(H,29,37)(H,30,36)(H,31,35)(H,33,34)(H,38,39). The molecule has 14 heteroatoms. The first-order chi connectivity index (χ1) is 18.3. The maximum atomic E-state index is 13.3. The molecule has 4 unspecified atom stereocenters. The SMILES string of the molecule is CC(C)C(NC(=O)C(N)CCC(=O)O)C(=O)NC(Cc1c[nH]c2ccccc12)C(=O)NC(CC(N)=O)C(=O)O. The minimum absolute atomic E-state index is 0.0542. The highest BCUT2D eigenvalue weighted by molar-refractivity contribution is 5.95. The Kier molecular flexibility index (Phi) is 11.0. The number of carbonyl (C=O) groups is 6. The van der Waals surface area contributed by atoms with Crippen LogP contribution < -0.4 is 27.4 Å². The molecule has 1 aromatic heterocycles. The van der Waals surface area contributed by atoms with E-state index in [4.69, 9.17) is 16.6 Å². The first-order valence-corrected chi connectivity index (χ1v) is 12.2. The Labute approximate surface area is 223 Å². The summed E-state index contributed by atoms with van der Waals surface area (Å²) in [5, 5.41) is 26.3. The number of nitrogens with one attached hydrogen (secondary N) is 4. The molecule has 4 atom stereocenters. The van der Waals surface area contributed by atoms with E-state index in [2.05, 4.69) is 20.9 Å². The van der Waals surface area contributed by atoms with Gasteiger partial charge in [-0.05, 0) is 24.0 Å². The van der Waals surface area contributed by atoms with Gasteiger partial charge in [-0.1, -0.05) is 32.0 Å².